The fraction of sp³-hybridized carbons (Fsp3) is 0.316. The van der Waals surface area contributed by atoms with Crippen LogP contribution in [0.4, 0.5) is 0 Å². The van der Waals surface area contributed by atoms with Gasteiger partial charge in [-0.2, -0.15) is 0 Å². The van der Waals surface area contributed by atoms with Gasteiger partial charge in [-0.1, -0.05) is 36.4 Å². The van der Waals surface area contributed by atoms with Gasteiger partial charge >= 0.3 is 0 Å². The van der Waals surface area contributed by atoms with E-state index in [0.717, 1.165) is 41.9 Å². The van der Waals surface area contributed by atoms with Crippen LogP contribution in [-0.2, 0) is 6.54 Å². The fourth-order valence-corrected chi connectivity index (χ4v) is 3.56. The second-order valence-corrected chi connectivity index (χ2v) is 7.14. The van der Waals surface area contributed by atoms with Crippen LogP contribution in [0.15, 0.2) is 48.5 Å². The van der Waals surface area contributed by atoms with E-state index in [-0.39, 0.29) is 5.91 Å². The van der Waals surface area contributed by atoms with Gasteiger partial charge in [0.05, 0.1) is 5.56 Å². The minimum absolute atomic E-state index is 0.158. The molecule has 23 heavy (non-hydrogen) atoms. The van der Waals surface area contributed by atoms with Crippen molar-refractivity contribution in [2.75, 3.05) is 26.2 Å². The summed E-state index contributed by atoms with van der Waals surface area (Å²) < 4.78 is 1.03. The highest BCUT2D eigenvalue weighted by Crippen LogP contribution is 2.17. The van der Waals surface area contributed by atoms with E-state index in [9.17, 15) is 4.79 Å². The monoisotopic (exact) mass is 420 g/mol. The molecule has 1 aliphatic rings. The number of aryl methyl sites for hydroxylation is 1. The summed E-state index contributed by atoms with van der Waals surface area (Å²) in [7, 11) is 0. The zero-order chi connectivity index (χ0) is 16.2. The Bertz CT molecular complexity index is 693. The van der Waals surface area contributed by atoms with Crippen LogP contribution >= 0.6 is 22.6 Å². The normalized spacial score (nSPS) is 15.7. The topological polar surface area (TPSA) is 23.6 Å². The molecule has 1 amide bonds. The van der Waals surface area contributed by atoms with E-state index in [2.05, 4.69) is 58.7 Å². The first-order chi connectivity index (χ1) is 11.1. The zero-order valence-corrected chi connectivity index (χ0v) is 15.5. The van der Waals surface area contributed by atoms with Crippen molar-refractivity contribution in [3.05, 3.63) is 68.8 Å². The maximum atomic E-state index is 12.6. The minimum Gasteiger partial charge on any atom is -0.336 e. The van der Waals surface area contributed by atoms with Gasteiger partial charge in [0.15, 0.2) is 0 Å². The Labute approximate surface area is 151 Å². The van der Waals surface area contributed by atoms with E-state index < -0.39 is 0 Å². The predicted molar refractivity (Wildman–Crippen MR) is 102 cm³/mol. The number of amides is 1. The Hall–Kier alpha value is -1.40. The van der Waals surface area contributed by atoms with Gasteiger partial charge in [-0.25, -0.2) is 0 Å². The molecule has 0 saturated carbocycles. The number of carbonyl (C=O) groups excluding carboxylic acids is 1. The lowest BCUT2D eigenvalue weighted by Crippen LogP contribution is -2.48. The van der Waals surface area contributed by atoms with Crippen molar-refractivity contribution in [3.63, 3.8) is 0 Å². The lowest BCUT2D eigenvalue weighted by molar-refractivity contribution is 0.0627. The molecule has 0 aromatic heterocycles. The van der Waals surface area contributed by atoms with Crippen LogP contribution in [-0.4, -0.2) is 41.9 Å². The van der Waals surface area contributed by atoms with Gasteiger partial charge in [-0.05, 0) is 52.8 Å². The number of halogens is 1. The van der Waals surface area contributed by atoms with Crippen molar-refractivity contribution in [1.29, 1.82) is 0 Å². The number of carbonyl (C=O) groups is 1. The summed E-state index contributed by atoms with van der Waals surface area (Å²) in [5.74, 6) is 0.158. The number of piperazine rings is 1. The summed E-state index contributed by atoms with van der Waals surface area (Å²) in [6, 6.07) is 16.3. The molecule has 2 aromatic carbocycles. The van der Waals surface area contributed by atoms with Crippen molar-refractivity contribution < 1.29 is 4.79 Å². The van der Waals surface area contributed by atoms with Crippen LogP contribution in [0.5, 0.6) is 0 Å². The SMILES string of the molecule is Cc1ccccc1CN1CCN(C(=O)c2ccccc2I)CC1. The molecule has 1 aliphatic heterocycles. The zero-order valence-electron chi connectivity index (χ0n) is 13.3. The summed E-state index contributed by atoms with van der Waals surface area (Å²) in [5, 5.41) is 0. The van der Waals surface area contributed by atoms with E-state index in [0.29, 0.717) is 0 Å². The van der Waals surface area contributed by atoms with Crippen molar-refractivity contribution in [1.82, 2.24) is 9.80 Å². The van der Waals surface area contributed by atoms with Crippen LogP contribution in [0.25, 0.3) is 0 Å². The molecule has 0 N–H and O–H groups in total. The Morgan fingerprint density at radius 3 is 2.35 bits per heavy atom. The van der Waals surface area contributed by atoms with Gasteiger partial charge in [-0.15, -0.1) is 0 Å². The molecule has 1 saturated heterocycles. The first kappa shape index (κ1) is 16.5. The van der Waals surface area contributed by atoms with E-state index in [1.54, 1.807) is 0 Å². The average Bonchev–Trinajstić information content (AvgIpc) is 2.57. The molecule has 2 aromatic rings. The molecule has 0 spiro atoms. The second-order valence-electron chi connectivity index (χ2n) is 5.97. The number of rotatable bonds is 3. The standard InChI is InChI=1S/C19H21IN2O/c1-15-6-2-3-7-16(15)14-21-10-12-22(13-11-21)19(23)17-8-4-5-9-18(17)20/h2-9H,10-14H2,1H3. The van der Waals surface area contributed by atoms with Gasteiger partial charge in [-0.3, -0.25) is 9.69 Å². The number of hydrogen-bond acceptors (Lipinski definition) is 2. The molecule has 0 atom stereocenters. The third-order valence-electron chi connectivity index (χ3n) is 4.42. The van der Waals surface area contributed by atoms with Crippen LogP contribution in [0.3, 0.4) is 0 Å². The van der Waals surface area contributed by atoms with E-state index >= 15 is 0 Å². The van der Waals surface area contributed by atoms with E-state index in [4.69, 9.17) is 0 Å². The fourth-order valence-electron chi connectivity index (χ4n) is 2.94. The molecule has 1 fully saturated rings. The third kappa shape index (κ3) is 3.93. The molecule has 120 valence electrons. The molecule has 0 aliphatic carbocycles. The predicted octanol–water partition coefficient (Wildman–Crippen LogP) is 3.56. The van der Waals surface area contributed by atoms with Crippen LogP contribution in [0, 0.1) is 10.5 Å². The lowest BCUT2D eigenvalue weighted by Gasteiger charge is -2.35. The smallest absolute Gasteiger partial charge is 0.255 e. The lowest BCUT2D eigenvalue weighted by atomic mass is 10.1. The highest BCUT2D eigenvalue weighted by atomic mass is 127. The molecule has 3 rings (SSSR count). The van der Waals surface area contributed by atoms with Gasteiger partial charge < -0.3 is 4.90 Å². The van der Waals surface area contributed by atoms with Gasteiger partial charge in [0.25, 0.3) is 5.91 Å². The summed E-state index contributed by atoms with van der Waals surface area (Å²) in [5.41, 5.74) is 3.54. The Balaban J connectivity index is 1.59. The van der Waals surface area contributed by atoms with Gasteiger partial charge in [0.1, 0.15) is 0 Å². The summed E-state index contributed by atoms with van der Waals surface area (Å²) in [4.78, 5) is 17.1. The number of nitrogens with zero attached hydrogens (tertiary/aromatic N) is 2. The highest BCUT2D eigenvalue weighted by molar-refractivity contribution is 14.1. The van der Waals surface area contributed by atoms with E-state index in [1.807, 2.05) is 29.2 Å². The molecule has 3 nitrogen and oxygen atoms in total. The molecule has 0 bridgehead atoms. The quantitative estimate of drug-likeness (QED) is 0.710. The van der Waals surface area contributed by atoms with Gasteiger partial charge in [0.2, 0.25) is 0 Å². The Morgan fingerprint density at radius 2 is 1.65 bits per heavy atom. The molecule has 4 heteroatoms. The summed E-state index contributed by atoms with van der Waals surface area (Å²) in [6.07, 6.45) is 0. The van der Waals surface area contributed by atoms with Gasteiger partial charge in [0, 0.05) is 36.3 Å². The molecule has 1 heterocycles. The average molecular weight is 420 g/mol. The first-order valence-electron chi connectivity index (χ1n) is 7.96. The molecular weight excluding hydrogens is 399 g/mol. The van der Waals surface area contributed by atoms with E-state index in [1.165, 1.54) is 11.1 Å². The maximum Gasteiger partial charge on any atom is 0.255 e. The van der Waals surface area contributed by atoms with Crippen LogP contribution < -0.4 is 0 Å². The minimum atomic E-state index is 0.158. The van der Waals surface area contributed by atoms with Crippen LogP contribution in [0.1, 0.15) is 21.5 Å². The number of benzene rings is 2. The Morgan fingerprint density at radius 1 is 1.00 bits per heavy atom. The van der Waals surface area contributed by atoms with Crippen molar-refractivity contribution >= 4 is 28.5 Å². The summed E-state index contributed by atoms with van der Waals surface area (Å²) >= 11 is 2.24. The third-order valence-corrected chi connectivity index (χ3v) is 5.36. The van der Waals surface area contributed by atoms with Crippen molar-refractivity contribution in [3.8, 4) is 0 Å². The summed E-state index contributed by atoms with van der Waals surface area (Å²) in [6.45, 7) is 6.60. The largest absolute Gasteiger partial charge is 0.336 e. The highest BCUT2D eigenvalue weighted by Gasteiger charge is 2.23. The molecule has 0 unspecified atom stereocenters. The maximum absolute atomic E-state index is 12.6. The van der Waals surface area contributed by atoms with Crippen molar-refractivity contribution in [2.45, 2.75) is 13.5 Å². The second kappa shape index (κ2) is 7.45. The molecule has 0 radical (unpaired) electrons. The Kier molecular flexibility index (Phi) is 5.33. The van der Waals surface area contributed by atoms with Crippen molar-refractivity contribution in [2.24, 2.45) is 0 Å². The van der Waals surface area contributed by atoms with Crippen LogP contribution in [0.2, 0.25) is 0 Å². The number of hydrogen-bond donors (Lipinski definition) is 0. The first-order valence-corrected chi connectivity index (χ1v) is 9.03. The molecular formula is C19H21IN2O.